The first-order chi connectivity index (χ1) is 17.0. The first-order valence-corrected chi connectivity index (χ1v) is 12.2. The number of pyridine rings is 2. The second-order valence-electron chi connectivity index (χ2n) is 9.28. The third-order valence-electron chi connectivity index (χ3n) is 6.56. The van der Waals surface area contributed by atoms with Crippen molar-refractivity contribution in [1.82, 2.24) is 15.3 Å². The molecule has 0 atom stereocenters. The van der Waals surface area contributed by atoms with Gasteiger partial charge in [0.15, 0.2) is 0 Å². The highest BCUT2D eigenvalue weighted by molar-refractivity contribution is 5.96. The first-order valence-electron chi connectivity index (χ1n) is 12.2. The number of aryl methyl sites for hydroxylation is 2. The summed E-state index contributed by atoms with van der Waals surface area (Å²) in [4.78, 5) is 22.2. The molecule has 1 fully saturated rings. The average molecular weight is 503 g/mol. The van der Waals surface area contributed by atoms with Crippen molar-refractivity contribution >= 4 is 35.0 Å². The van der Waals surface area contributed by atoms with Gasteiger partial charge in [0.25, 0.3) is 5.91 Å². The van der Waals surface area contributed by atoms with E-state index in [2.05, 4.69) is 40.7 Å². The summed E-state index contributed by atoms with van der Waals surface area (Å²) in [5.74, 6) is 1.76. The van der Waals surface area contributed by atoms with E-state index in [1.54, 1.807) is 18.3 Å². The zero-order valence-corrected chi connectivity index (χ0v) is 21.3. The van der Waals surface area contributed by atoms with E-state index >= 15 is 0 Å². The minimum absolute atomic E-state index is 0. The number of para-hydroxylation sites is 1. The lowest BCUT2D eigenvalue weighted by molar-refractivity contribution is 0.0923. The molecule has 2 heterocycles. The molecule has 0 unspecified atom stereocenters. The second-order valence-corrected chi connectivity index (χ2v) is 9.28. The fraction of sp³-hybridized carbons (Fsp3) is 0.276. The highest BCUT2D eigenvalue weighted by Crippen LogP contribution is 2.27. The van der Waals surface area contributed by atoms with Crippen LogP contribution in [-0.2, 0) is 0 Å². The Kier molecular flexibility index (Phi) is 8.06. The Balaban J connectivity index is 0.00000304. The minimum atomic E-state index is -0.149. The molecule has 5 rings (SSSR count). The van der Waals surface area contributed by atoms with Gasteiger partial charge in [-0.15, -0.1) is 12.4 Å². The summed E-state index contributed by atoms with van der Waals surface area (Å²) in [6.45, 7) is 4.12. The van der Waals surface area contributed by atoms with Crippen LogP contribution in [0, 0.1) is 13.8 Å². The Morgan fingerprint density at radius 3 is 2.50 bits per heavy atom. The molecule has 1 amide bonds. The monoisotopic (exact) mass is 502 g/mol. The number of carbonyl (C=O) groups is 1. The van der Waals surface area contributed by atoms with Crippen LogP contribution < -0.4 is 15.4 Å². The summed E-state index contributed by atoms with van der Waals surface area (Å²) in [7, 11) is 0. The third-order valence-corrected chi connectivity index (χ3v) is 6.56. The predicted octanol–water partition coefficient (Wildman–Crippen LogP) is 6.61. The van der Waals surface area contributed by atoms with Gasteiger partial charge in [0.1, 0.15) is 17.1 Å². The van der Waals surface area contributed by atoms with E-state index in [9.17, 15) is 4.79 Å². The molecular weight excluding hydrogens is 472 g/mol. The highest BCUT2D eigenvalue weighted by Gasteiger charge is 2.24. The molecule has 1 aliphatic rings. The van der Waals surface area contributed by atoms with Crippen molar-refractivity contribution in [2.45, 2.75) is 51.6 Å². The molecule has 2 N–H and O–H groups in total. The van der Waals surface area contributed by atoms with Gasteiger partial charge in [-0.1, -0.05) is 30.3 Å². The van der Waals surface area contributed by atoms with Crippen molar-refractivity contribution in [1.29, 1.82) is 0 Å². The summed E-state index contributed by atoms with van der Waals surface area (Å²) in [5, 5.41) is 7.98. The number of carbonyl (C=O) groups excluding carboxylic acids is 1. The fourth-order valence-electron chi connectivity index (χ4n) is 4.71. The van der Waals surface area contributed by atoms with Crippen LogP contribution in [0.3, 0.4) is 0 Å². The Morgan fingerprint density at radius 1 is 0.917 bits per heavy atom. The summed E-state index contributed by atoms with van der Waals surface area (Å²) in [6, 6.07) is 22.0. The minimum Gasteiger partial charge on any atom is -0.438 e. The molecule has 0 radical (unpaired) electrons. The Bertz CT molecular complexity index is 1350. The molecule has 0 spiro atoms. The zero-order chi connectivity index (χ0) is 24.2. The first kappa shape index (κ1) is 25.5. The van der Waals surface area contributed by atoms with Crippen LogP contribution in [0.4, 0.5) is 5.82 Å². The van der Waals surface area contributed by atoms with Crippen molar-refractivity contribution in [2.75, 3.05) is 5.32 Å². The van der Waals surface area contributed by atoms with Gasteiger partial charge in [-0.05, 0) is 87.1 Å². The zero-order valence-electron chi connectivity index (χ0n) is 20.5. The quantitative estimate of drug-likeness (QED) is 0.310. The molecule has 0 saturated heterocycles. The molecular formula is C29H31ClN4O2. The maximum atomic E-state index is 13.1. The van der Waals surface area contributed by atoms with Crippen LogP contribution in [0.5, 0.6) is 11.6 Å². The fourth-order valence-corrected chi connectivity index (χ4v) is 4.71. The third kappa shape index (κ3) is 5.94. The number of hydrogen-bond donors (Lipinski definition) is 2. The van der Waals surface area contributed by atoms with Crippen LogP contribution in [0.2, 0.25) is 0 Å². The number of nitrogens with zero attached hydrogens (tertiary/aromatic N) is 2. The summed E-state index contributed by atoms with van der Waals surface area (Å²) in [6.07, 6.45) is 5.40. The van der Waals surface area contributed by atoms with Crippen molar-refractivity contribution in [3.8, 4) is 11.6 Å². The maximum absolute atomic E-state index is 13.1. The molecule has 36 heavy (non-hydrogen) atoms. The van der Waals surface area contributed by atoms with E-state index in [4.69, 9.17) is 9.72 Å². The number of fused-ring (bicyclic) bond motifs is 1. The number of amides is 1. The van der Waals surface area contributed by atoms with Crippen LogP contribution in [-0.4, -0.2) is 28.0 Å². The normalized spacial score (nSPS) is 17.2. The number of ether oxygens (including phenoxy) is 1. The summed E-state index contributed by atoms with van der Waals surface area (Å²) < 4.78 is 5.94. The van der Waals surface area contributed by atoms with Crippen molar-refractivity contribution < 1.29 is 9.53 Å². The topological polar surface area (TPSA) is 76.1 Å². The van der Waals surface area contributed by atoms with E-state index < -0.39 is 0 Å². The van der Waals surface area contributed by atoms with Crippen LogP contribution in [0.25, 0.3) is 10.9 Å². The lowest BCUT2D eigenvalue weighted by Crippen LogP contribution is -2.40. The standard InChI is InChI=1S/C29H30N4O2.ClH/c1-19-7-5-8-23(17-19)35-29-25(10-6-16-30-29)28(34)32-22-14-12-21(13-15-22)31-27-18-20(2)24-9-3-4-11-26(24)33-27;/h3-11,16-18,21-22H,12-15H2,1-2H3,(H,31,33)(H,32,34);1H. The van der Waals surface area contributed by atoms with Gasteiger partial charge in [-0.3, -0.25) is 4.79 Å². The lowest BCUT2D eigenvalue weighted by atomic mass is 9.91. The largest absolute Gasteiger partial charge is 0.438 e. The molecule has 6 nitrogen and oxygen atoms in total. The SMILES string of the molecule is Cc1cccc(Oc2ncccc2C(=O)NC2CCC(Nc3cc(C)c4ccccc4n3)CC2)c1.Cl. The van der Waals surface area contributed by atoms with Crippen LogP contribution in [0.1, 0.15) is 47.2 Å². The Hall–Kier alpha value is -3.64. The van der Waals surface area contributed by atoms with Gasteiger partial charge in [0, 0.05) is 23.7 Å². The van der Waals surface area contributed by atoms with Crippen LogP contribution in [0.15, 0.2) is 72.9 Å². The number of anilines is 1. The number of benzene rings is 2. The van der Waals surface area contributed by atoms with Gasteiger partial charge in [0.05, 0.1) is 5.52 Å². The van der Waals surface area contributed by atoms with Gasteiger partial charge in [-0.25, -0.2) is 9.97 Å². The van der Waals surface area contributed by atoms with Crippen molar-refractivity contribution in [2.24, 2.45) is 0 Å². The Morgan fingerprint density at radius 2 is 1.69 bits per heavy atom. The van der Waals surface area contributed by atoms with Gasteiger partial charge in [0.2, 0.25) is 5.88 Å². The van der Waals surface area contributed by atoms with E-state index in [0.29, 0.717) is 23.2 Å². The number of halogens is 1. The van der Waals surface area contributed by atoms with E-state index in [1.807, 2.05) is 43.3 Å². The van der Waals surface area contributed by atoms with E-state index in [-0.39, 0.29) is 24.4 Å². The number of hydrogen-bond acceptors (Lipinski definition) is 5. The molecule has 1 aliphatic carbocycles. The average Bonchev–Trinajstić information content (AvgIpc) is 2.86. The van der Waals surface area contributed by atoms with Gasteiger partial charge in [-0.2, -0.15) is 0 Å². The number of nitrogens with one attached hydrogen (secondary N) is 2. The molecule has 7 heteroatoms. The molecule has 1 saturated carbocycles. The van der Waals surface area contributed by atoms with Gasteiger partial charge >= 0.3 is 0 Å². The Labute approximate surface area is 217 Å². The van der Waals surface area contributed by atoms with Crippen molar-refractivity contribution in [3.63, 3.8) is 0 Å². The molecule has 4 aromatic rings. The molecule has 2 aromatic carbocycles. The van der Waals surface area contributed by atoms with Crippen LogP contribution >= 0.6 is 12.4 Å². The number of rotatable bonds is 6. The molecule has 2 aromatic heterocycles. The second kappa shape index (κ2) is 11.4. The highest BCUT2D eigenvalue weighted by atomic mass is 35.5. The molecule has 0 aliphatic heterocycles. The molecule has 186 valence electrons. The van der Waals surface area contributed by atoms with E-state index in [1.165, 1.54) is 10.9 Å². The van der Waals surface area contributed by atoms with E-state index in [0.717, 1.165) is 42.6 Å². The summed E-state index contributed by atoms with van der Waals surface area (Å²) in [5.41, 5.74) is 3.77. The maximum Gasteiger partial charge on any atom is 0.257 e. The smallest absolute Gasteiger partial charge is 0.257 e. The summed E-state index contributed by atoms with van der Waals surface area (Å²) >= 11 is 0. The molecule has 0 bridgehead atoms. The van der Waals surface area contributed by atoms with Gasteiger partial charge < -0.3 is 15.4 Å². The lowest BCUT2D eigenvalue weighted by Gasteiger charge is -2.30. The number of aromatic nitrogens is 2. The predicted molar refractivity (Wildman–Crippen MR) is 146 cm³/mol. The van der Waals surface area contributed by atoms with Crippen molar-refractivity contribution in [3.05, 3.63) is 89.6 Å².